The van der Waals surface area contributed by atoms with Crippen LogP contribution in [0.2, 0.25) is 0 Å². The van der Waals surface area contributed by atoms with Crippen molar-refractivity contribution in [2.45, 2.75) is 120 Å². The molecule has 1 aromatic carbocycles. The van der Waals surface area contributed by atoms with E-state index in [-0.39, 0.29) is 59.7 Å². The van der Waals surface area contributed by atoms with Crippen molar-refractivity contribution in [1.82, 2.24) is 48.6 Å². The molecular formula is C47H58F2N12O6. The van der Waals surface area contributed by atoms with Gasteiger partial charge in [-0.25, -0.2) is 23.1 Å². The van der Waals surface area contributed by atoms with E-state index in [1.807, 2.05) is 18.2 Å². The number of carbonyl (C=O) groups is 3. The number of para-hydroxylation sites is 1. The van der Waals surface area contributed by atoms with Gasteiger partial charge in [0.15, 0.2) is 11.3 Å². The number of rotatable bonds is 12. The average molecular weight is 925 g/mol. The molecule has 2 bridgehead atoms. The standard InChI is InChI=1S/C47H58F2N12O6/c1-55-42-29(3-2-4-37(42)61(47(55)65)38-9-10-40(62)53-46(38)64)24-57-18-13-33(14-19-57)67-32-11-16-56(17-12-32)23-28-5-7-30(8-6-28)60-26-36(41(54-60)43(48)49)51-45(63)35-22-50-59-20-15-39(52-44(35)59)58-25-34-21-31(58)27-66-34/h2-4,15,20,22,26,28,30-34,38,43H,5-14,16-19,21,23-25,27H2,1H3,(H,51,63)(H,53,62,64)/t28-,30-,31-,34-,38?/m1/s1. The smallest absolute Gasteiger partial charge is 0.329 e. The number of ether oxygens (including phenoxy) is 2. The zero-order valence-corrected chi connectivity index (χ0v) is 37.8. The number of amides is 3. The Kier molecular flexibility index (Phi) is 11.9. The number of fused-ring (bicyclic) bond motifs is 4. The van der Waals surface area contributed by atoms with Gasteiger partial charge in [-0.2, -0.15) is 10.2 Å². The van der Waals surface area contributed by atoms with Crippen LogP contribution in [0.1, 0.15) is 111 Å². The van der Waals surface area contributed by atoms with Gasteiger partial charge in [0.05, 0.1) is 59.9 Å². The van der Waals surface area contributed by atoms with Crippen molar-refractivity contribution >= 4 is 45.9 Å². The highest BCUT2D eigenvalue weighted by Crippen LogP contribution is 2.37. The van der Waals surface area contributed by atoms with E-state index in [4.69, 9.17) is 14.5 Å². The molecule has 1 saturated carbocycles. The summed E-state index contributed by atoms with van der Waals surface area (Å²) in [4.78, 5) is 63.4. The van der Waals surface area contributed by atoms with Gasteiger partial charge >= 0.3 is 5.69 Å². The van der Waals surface area contributed by atoms with Gasteiger partial charge in [-0.3, -0.25) is 38.4 Å². The molecule has 18 nitrogen and oxygen atoms in total. The van der Waals surface area contributed by atoms with E-state index in [1.54, 1.807) is 33.3 Å². The molecule has 356 valence electrons. The lowest BCUT2D eigenvalue weighted by atomic mass is 9.85. The number of benzene rings is 1. The van der Waals surface area contributed by atoms with Crippen LogP contribution in [0.15, 0.2) is 47.7 Å². The summed E-state index contributed by atoms with van der Waals surface area (Å²) in [5, 5.41) is 13.7. The fourth-order valence-corrected chi connectivity index (χ4v) is 11.7. The summed E-state index contributed by atoms with van der Waals surface area (Å²) in [6.07, 6.45) is 11.4. The number of likely N-dealkylation sites (tertiary alicyclic amines) is 2. The number of anilines is 2. The van der Waals surface area contributed by atoms with Crippen LogP contribution in [0.25, 0.3) is 16.7 Å². The third-order valence-corrected chi connectivity index (χ3v) is 15.3. The molecule has 20 heteroatoms. The summed E-state index contributed by atoms with van der Waals surface area (Å²) >= 11 is 0. The van der Waals surface area contributed by atoms with Crippen LogP contribution in [-0.4, -0.2) is 131 Å². The lowest BCUT2D eigenvalue weighted by molar-refractivity contribution is -0.135. The van der Waals surface area contributed by atoms with E-state index >= 15 is 0 Å². The minimum absolute atomic E-state index is 0.00528. The third-order valence-electron chi connectivity index (χ3n) is 15.3. The molecule has 2 N–H and O–H groups in total. The maximum absolute atomic E-state index is 14.3. The van der Waals surface area contributed by atoms with Gasteiger partial charge in [-0.1, -0.05) is 12.1 Å². The van der Waals surface area contributed by atoms with E-state index < -0.39 is 30.0 Å². The van der Waals surface area contributed by atoms with Crippen LogP contribution in [-0.2, 0) is 32.7 Å². The van der Waals surface area contributed by atoms with Gasteiger partial charge in [0.1, 0.15) is 17.4 Å². The van der Waals surface area contributed by atoms with Crippen LogP contribution < -0.4 is 21.2 Å². The lowest BCUT2D eigenvalue weighted by Gasteiger charge is -2.39. The van der Waals surface area contributed by atoms with Crippen molar-refractivity contribution in [3.8, 4) is 0 Å². The van der Waals surface area contributed by atoms with Gasteiger partial charge in [0, 0.05) is 71.7 Å². The first kappa shape index (κ1) is 44.0. The van der Waals surface area contributed by atoms with Gasteiger partial charge in [-0.05, 0) is 87.8 Å². The highest BCUT2D eigenvalue weighted by Gasteiger charge is 2.40. The number of hydrogen-bond donors (Lipinski definition) is 2. The molecule has 9 heterocycles. The van der Waals surface area contributed by atoms with Gasteiger partial charge < -0.3 is 24.6 Å². The topological polar surface area (TPSA) is 178 Å². The van der Waals surface area contributed by atoms with Crippen LogP contribution in [0.5, 0.6) is 0 Å². The summed E-state index contributed by atoms with van der Waals surface area (Å²) in [7, 11) is 1.75. The van der Waals surface area contributed by atoms with E-state index in [1.165, 1.54) is 10.7 Å². The molecule has 1 unspecified atom stereocenters. The number of carbonyl (C=O) groups excluding carboxylic acids is 3. The molecule has 0 spiro atoms. The van der Waals surface area contributed by atoms with Crippen molar-refractivity contribution in [3.63, 3.8) is 0 Å². The minimum Gasteiger partial charge on any atom is -0.375 e. The Bertz CT molecular complexity index is 2730. The van der Waals surface area contributed by atoms with Crippen molar-refractivity contribution in [2.75, 3.05) is 56.1 Å². The number of aromatic nitrogens is 7. The number of halogens is 2. The number of imide groups is 1. The maximum Gasteiger partial charge on any atom is 0.329 e. The first-order valence-corrected chi connectivity index (χ1v) is 24.1. The fraction of sp³-hybridized carbons (Fsp3) is 0.596. The van der Waals surface area contributed by atoms with Crippen molar-refractivity contribution in [3.05, 3.63) is 70.2 Å². The Morgan fingerprint density at radius 3 is 2.42 bits per heavy atom. The Labute approximate surface area is 385 Å². The lowest BCUT2D eigenvalue weighted by Crippen LogP contribution is -2.44. The van der Waals surface area contributed by atoms with Crippen LogP contribution in [0.3, 0.4) is 0 Å². The summed E-state index contributed by atoms with van der Waals surface area (Å²) in [5.74, 6) is -0.0441. The second-order valence-electron chi connectivity index (χ2n) is 19.5. The summed E-state index contributed by atoms with van der Waals surface area (Å²) < 4.78 is 47.4. The number of morpholine rings is 1. The number of nitrogens with one attached hydrogen (secondary N) is 2. The van der Waals surface area contributed by atoms with Gasteiger partial charge in [0.2, 0.25) is 11.8 Å². The molecule has 4 aromatic heterocycles. The number of aryl methyl sites for hydroxylation is 1. The van der Waals surface area contributed by atoms with E-state index in [2.05, 4.69) is 41.6 Å². The maximum atomic E-state index is 14.3. The Hall–Kier alpha value is -5.57. The highest BCUT2D eigenvalue weighted by atomic mass is 19.3. The number of nitrogens with zero attached hydrogens (tertiary/aromatic N) is 10. The van der Waals surface area contributed by atoms with Crippen molar-refractivity contribution in [2.24, 2.45) is 13.0 Å². The van der Waals surface area contributed by atoms with Crippen LogP contribution >= 0.6 is 0 Å². The Morgan fingerprint density at radius 2 is 1.72 bits per heavy atom. The predicted octanol–water partition coefficient (Wildman–Crippen LogP) is 4.60. The summed E-state index contributed by atoms with van der Waals surface area (Å²) in [5.41, 5.74) is 2.44. The molecule has 5 saturated heterocycles. The SMILES string of the molecule is Cn1c(=O)n(C2CCC(=O)NC2=O)c2cccc(CN3CCC(OC4CCN(C[C@H]5CC[C@H](n6cc(NC(=O)c7cnn8ccc(N9C[C@H]%10C[C@@H]9CO%10)nc78)c(C(F)F)n6)CC5)CC4)CC3)c21. The average Bonchev–Trinajstić information content (AvgIpc) is 4.18. The largest absolute Gasteiger partial charge is 0.375 e. The van der Waals surface area contributed by atoms with Crippen LogP contribution in [0, 0.1) is 5.92 Å². The minimum atomic E-state index is -2.85. The third kappa shape index (κ3) is 8.65. The molecular weight excluding hydrogens is 867 g/mol. The van der Waals surface area contributed by atoms with E-state index in [0.29, 0.717) is 36.7 Å². The molecule has 5 aliphatic heterocycles. The molecule has 3 atom stereocenters. The number of alkyl halides is 2. The predicted molar refractivity (Wildman–Crippen MR) is 242 cm³/mol. The molecule has 1 aliphatic carbocycles. The molecule has 3 amide bonds. The normalized spacial score (nSPS) is 25.9. The zero-order chi connectivity index (χ0) is 45.9. The zero-order valence-electron chi connectivity index (χ0n) is 37.8. The second kappa shape index (κ2) is 18.2. The molecule has 0 radical (unpaired) electrons. The number of imidazole rings is 1. The quantitative estimate of drug-likeness (QED) is 0.167. The van der Waals surface area contributed by atoms with Gasteiger partial charge in [0.25, 0.3) is 12.3 Å². The molecule has 6 aliphatic rings. The molecule has 11 rings (SSSR count). The monoisotopic (exact) mass is 924 g/mol. The second-order valence-corrected chi connectivity index (χ2v) is 19.5. The molecule has 67 heavy (non-hydrogen) atoms. The highest BCUT2D eigenvalue weighted by molar-refractivity contribution is 6.08. The molecule has 6 fully saturated rings. The van der Waals surface area contributed by atoms with Crippen molar-refractivity contribution in [1.29, 1.82) is 0 Å². The Morgan fingerprint density at radius 1 is 0.955 bits per heavy atom. The first-order valence-electron chi connectivity index (χ1n) is 24.1. The number of piperidine rings is 3. The Balaban J connectivity index is 0.632. The van der Waals surface area contributed by atoms with Gasteiger partial charge in [-0.15, -0.1) is 0 Å². The first-order chi connectivity index (χ1) is 32.5. The summed E-state index contributed by atoms with van der Waals surface area (Å²) in [6.45, 7) is 6.84. The number of hydrogen-bond acceptors (Lipinski definition) is 12. The van der Waals surface area contributed by atoms with E-state index in [9.17, 15) is 28.0 Å². The molecule has 5 aromatic rings. The van der Waals surface area contributed by atoms with Crippen LogP contribution in [0.4, 0.5) is 20.3 Å². The fourth-order valence-electron chi connectivity index (χ4n) is 11.7. The summed E-state index contributed by atoms with van der Waals surface area (Å²) in [6, 6.07) is 7.25. The van der Waals surface area contributed by atoms with Crippen molar-refractivity contribution < 1.29 is 32.6 Å². The van der Waals surface area contributed by atoms with E-state index in [0.717, 1.165) is 114 Å².